The lowest BCUT2D eigenvalue weighted by Gasteiger charge is -2.12. The van der Waals surface area contributed by atoms with Crippen LogP contribution in [0.15, 0.2) is 24.0 Å². The quantitative estimate of drug-likeness (QED) is 0.510. The molecule has 2 heteroatoms. The Morgan fingerprint density at radius 3 is 2.29 bits per heavy atom. The van der Waals surface area contributed by atoms with Crippen LogP contribution in [0.25, 0.3) is 0 Å². The number of hydrogen-bond acceptors (Lipinski definition) is 2. The van der Waals surface area contributed by atoms with Gasteiger partial charge in [-0.1, -0.05) is 19.9 Å². The molecule has 0 saturated carbocycles. The highest BCUT2D eigenvalue weighted by molar-refractivity contribution is 5.87. The van der Waals surface area contributed by atoms with Crippen LogP contribution in [0.3, 0.4) is 0 Å². The van der Waals surface area contributed by atoms with Gasteiger partial charge in [0.25, 0.3) is 0 Å². The highest BCUT2D eigenvalue weighted by Crippen LogP contribution is 2.42. The van der Waals surface area contributed by atoms with Gasteiger partial charge in [-0.05, 0) is 32.9 Å². The van der Waals surface area contributed by atoms with Crippen molar-refractivity contribution in [2.75, 3.05) is 0 Å². The molecule has 1 aliphatic rings. The molecule has 0 unspecified atom stereocenters. The van der Waals surface area contributed by atoms with E-state index in [9.17, 15) is 4.79 Å². The second-order valence-corrected chi connectivity index (χ2v) is 4.89. The van der Waals surface area contributed by atoms with Gasteiger partial charge in [0.1, 0.15) is 5.76 Å². The Morgan fingerprint density at radius 2 is 1.93 bits per heavy atom. The summed E-state index contributed by atoms with van der Waals surface area (Å²) >= 11 is 0. The largest absolute Gasteiger partial charge is 0.480 e. The van der Waals surface area contributed by atoms with Gasteiger partial charge in [-0.2, -0.15) is 0 Å². The zero-order valence-electron chi connectivity index (χ0n) is 9.55. The summed E-state index contributed by atoms with van der Waals surface area (Å²) in [7, 11) is 0. The van der Waals surface area contributed by atoms with Crippen LogP contribution in [0.4, 0.5) is 0 Å². The molecular formula is C12H18O2. The maximum Gasteiger partial charge on any atom is 0.159 e. The number of allylic oxidation sites excluding steroid dienone is 3. The van der Waals surface area contributed by atoms with Crippen molar-refractivity contribution in [1.29, 1.82) is 0 Å². The van der Waals surface area contributed by atoms with Crippen molar-refractivity contribution < 1.29 is 9.53 Å². The molecule has 2 nitrogen and oxygen atoms in total. The molecule has 0 bridgehead atoms. The van der Waals surface area contributed by atoms with E-state index in [-0.39, 0.29) is 16.8 Å². The summed E-state index contributed by atoms with van der Waals surface area (Å²) in [6.07, 6.45) is 5.57. The zero-order valence-corrected chi connectivity index (χ0v) is 9.55. The number of rotatable bonds is 3. The van der Waals surface area contributed by atoms with E-state index in [1.54, 1.807) is 13.0 Å². The van der Waals surface area contributed by atoms with Gasteiger partial charge in [0, 0.05) is 5.41 Å². The molecule has 0 radical (unpaired) electrons. The van der Waals surface area contributed by atoms with Crippen molar-refractivity contribution in [3.8, 4) is 0 Å². The van der Waals surface area contributed by atoms with Crippen molar-refractivity contribution >= 4 is 5.78 Å². The van der Waals surface area contributed by atoms with Crippen LogP contribution in [0, 0.1) is 5.41 Å². The second-order valence-electron chi connectivity index (χ2n) is 4.89. The molecular weight excluding hydrogens is 176 g/mol. The SMILES string of the molecule is CC(=O)C=CC(C)(C)C=C1OC1(C)C. The van der Waals surface area contributed by atoms with E-state index in [1.807, 2.05) is 19.9 Å². The minimum absolute atomic E-state index is 0.0763. The fourth-order valence-corrected chi connectivity index (χ4v) is 1.17. The monoisotopic (exact) mass is 194 g/mol. The first kappa shape index (κ1) is 11.0. The third-order valence-electron chi connectivity index (χ3n) is 2.17. The fraction of sp³-hybridized carbons (Fsp3) is 0.583. The molecule has 0 aromatic rings. The van der Waals surface area contributed by atoms with E-state index in [0.717, 1.165) is 5.76 Å². The topological polar surface area (TPSA) is 29.6 Å². The molecule has 1 saturated heterocycles. The lowest BCUT2D eigenvalue weighted by molar-refractivity contribution is -0.112. The molecule has 78 valence electrons. The van der Waals surface area contributed by atoms with Crippen LogP contribution in [0.1, 0.15) is 34.6 Å². The Bertz CT molecular complexity index is 306. The average Bonchev–Trinajstić information content (AvgIpc) is 2.54. The Hall–Kier alpha value is -1.05. The van der Waals surface area contributed by atoms with Gasteiger partial charge < -0.3 is 4.74 Å². The third kappa shape index (κ3) is 3.02. The van der Waals surface area contributed by atoms with Gasteiger partial charge in [0.15, 0.2) is 11.4 Å². The summed E-state index contributed by atoms with van der Waals surface area (Å²) < 4.78 is 5.39. The Labute approximate surface area is 85.6 Å². The van der Waals surface area contributed by atoms with Crippen molar-refractivity contribution in [3.05, 3.63) is 24.0 Å². The zero-order chi connectivity index (χ0) is 11.0. The average molecular weight is 194 g/mol. The number of hydrogen-bond donors (Lipinski definition) is 0. The summed E-state index contributed by atoms with van der Waals surface area (Å²) in [5.74, 6) is 1.09. The van der Waals surface area contributed by atoms with E-state index in [2.05, 4.69) is 19.9 Å². The number of ether oxygens (including phenoxy) is 1. The molecule has 1 rings (SSSR count). The van der Waals surface area contributed by atoms with Crippen molar-refractivity contribution in [3.63, 3.8) is 0 Å². The Morgan fingerprint density at radius 1 is 1.43 bits per heavy atom. The van der Waals surface area contributed by atoms with Crippen molar-refractivity contribution in [1.82, 2.24) is 0 Å². The van der Waals surface area contributed by atoms with Gasteiger partial charge in [0.05, 0.1) is 0 Å². The summed E-state index contributed by atoms with van der Waals surface area (Å²) in [5, 5.41) is 0. The van der Waals surface area contributed by atoms with Crippen LogP contribution in [0.2, 0.25) is 0 Å². The molecule has 1 fully saturated rings. The summed E-state index contributed by atoms with van der Waals surface area (Å²) in [5.41, 5.74) is -0.212. The molecule has 0 amide bonds. The maximum absolute atomic E-state index is 10.8. The van der Waals surface area contributed by atoms with E-state index in [1.165, 1.54) is 0 Å². The fourth-order valence-electron chi connectivity index (χ4n) is 1.17. The normalized spacial score (nSPS) is 22.5. The smallest absolute Gasteiger partial charge is 0.159 e. The summed E-state index contributed by atoms with van der Waals surface area (Å²) in [6.45, 7) is 9.72. The van der Waals surface area contributed by atoms with Gasteiger partial charge in [0.2, 0.25) is 0 Å². The minimum Gasteiger partial charge on any atom is -0.480 e. The standard InChI is InChI=1S/C12H18O2/c1-9(13)6-7-11(2,3)8-10-12(4,5)14-10/h6-8H,1-5H3. The molecule has 0 spiro atoms. The number of ketones is 1. The lowest BCUT2D eigenvalue weighted by Crippen LogP contribution is -2.04. The number of epoxide rings is 1. The van der Waals surface area contributed by atoms with E-state index >= 15 is 0 Å². The molecule has 0 atom stereocenters. The van der Waals surface area contributed by atoms with Gasteiger partial charge in [-0.25, -0.2) is 0 Å². The third-order valence-corrected chi connectivity index (χ3v) is 2.17. The first-order valence-corrected chi connectivity index (χ1v) is 4.85. The molecule has 0 aromatic carbocycles. The summed E-state index contributed by atoms with van der Waals surface area (Å²) in [6, 6.07) is 0. The van der Waals surface area contributed by atoms with Crippen molar-refractivity contribution in [2.45, 2.75) is 40.2 Å². The van der Waals surface area contributed by atoms with Crippen LogP contribution < -0.4 is 0 Å². The Kier molecular flexibility index (Phi) is 2.57. The lowest BCUT2D eigenvalue weighted by atomic mass is 9.91. The summed E-state index contributed by atoms with van der Waals surface area (Å²) in [4.78, 5) is 10.8. The van der Waals surface area contributed by atoms with Gasteiger partial charge >= 0.3 is 0 Å². The van der Waals surface area contributed by atoms with E-state index in [4.69, 9.17) is 4.74 Å². The molecule has 0 aliphatic carbocycles. The molecule has 14 heavy (non-hydrogen) atoms. The van der Waals surface area contributed by atoms with Crippen molar-refractivity contribution in [2.24, 2.45) is 5.41 Å². The van der Waals surface area contributed by atoms with E-state index in [0.29, 0.717) is 0 Å². The highest BCUT2D eigenvalue weighted by Gasteiger charge is 2.43. The van der Waals surface area contributed by atoms with Crippen LogP contribution in [-0.2, 0) is 9.53 Å². The Balaban J connectivity index is 2.69. The molecule has 1 heterocycles. The number of carbonyl (C=O) groups is 1. The first-order valence-electron chi connectivity index (χ1n) is 4.85. The van der Waals surface area contributed by atoms with Crippen LogP contribution in [-0.4, -0.2) is 11.4 Å². The highest BCUT2D eigenvalue weighted by atomic mass is 16.6. The predicted octanol–water partition coefficient (Wildman–Crippen LogP) is 2.85. The maximum atomic E-state index is 10.8. The van der Waals surface area contributed by atoms with Gasteiger partial charge in [-0.3, -0.25) is 4.79 Å². The van der Waals surface area contributed by atoms with Gasteiger partial charge in [-0.15, -0.1) is 0 Å². The van der Waals surface area contributed by atoms with Crippen LogP contribution in [0.5, 0.6) is 0 Å². The van der Waals surface area contributed by atoms with Crippen LogP contribution >= 0.6 is 0 Å². The molecule has 1 aliphatic heterocycles. The first-order chi connectivity index (χ1) is 6.23. The predicted molar refractivity (Wildman–Crippen MR) is 56.8 cm³/mol. The minimum atomic E-state index is -0.116. The van der Waals surface area contributed by atoms with E-state index < -0.39 is 0 Å². The molecule has 0 aromatic heterocycles. The number of carbonyl (C=O) groups excluding carboxylic acids is 1. The second kappa shape index (κ2) is 3.26. The molecule has 0 N–H and O–H groups in total.